The molecule has 2 N–H and O–H groups in total. The number of pyridine rings is 2. The lowest BCUT2D eigenvalue weighted by atomic mass is 9.82. The molecule has 0 bridgehead atoms. The summed E-state index contributed by atoms with van der Waals surface area (Å²) in [6.45, 7) is 3.01. The zero-order chi connectivity index (χ0) is 21.1. The third-order valence-electron chi connectivity index (χ3n) is 4.14. The molecule has 6 nitrogen and oxygen atoms in total. The second-order valence-corrected chi connectivity index (χ2v) is 6.56. The Bertz CT molecular complexity index is 867. The van der Waals surface area contributed by atoms with E-state index in [0.29, 0.717) is 11.8 Å². The highest BCUT2D eigenvalue weighted by atomic mass is 19.4. The lowest BCUT2D eigenvalue weighted by Crippen LogP contribution is -2.38. The summed E-state index contributed by atoms with van der Waals surface area (Å²) in [7, 11) is 0. The number of hydrogen-bond donors (Lipinski definition) is 1. The van der Waals surface area contributed by atoms with Crippen molar-refractivity contribution in [2.45, 2.75) is 38.0 Å². The van der Waals surface area contributed by atoms with E-state index in [4.69, 9.17) is 10.5 Å². The van der Waals surface area contributed by atoms with Gasteiger partial charge in [-0.3, -0.25) is 9.78 Å². The van der Waals surface area contributed by atoms with Crippen LogP contribution >= 0.6 is 0 Å². The van der Waals surface area contributed by atoms with Gasteiger partial charge in [-0.2, -0.15) is 17.6 Å². The Morgan fingerprint density at radius 3 is 2.39 bits per heavy atom. The van der Waals surface area contributed by atoms with Crippen molar-refractivity contribution in [3.8, 4) is 0 Å². The van der Waals surface area contributed by atoms with Crippen molar-refractivity contribution in [2.75, 3.05) is 0 Å². The van der Waals surface area contributed by atoms with Gasteiger partial charge in [0.1, 0.15) is 11.3 Å². The number of rotatable bonds is 6. The fraction of sp³-hybridized carbons (Fsp3) is 0.333. The van der Waals surface area contributed by atoms with E-state index in [-0.39, 0.29) is 17.7 Å². The summed E-state index contributed by atoms with van der Waals surface area (Å²) in [5.74, 6) is -1.80. The Morgan fingerprint density at radius 2 is 1.93 bits per heavy atom. The molecule has 150 valence electrons. The summed E-state index contributed by atoms with van der Waals surface area (Å²) in [6.07, 6.45) is -4.30. The van der Waals surface area contributed by atoms with Gasteiger partial charge < -0.3 is 10.5 Å². The first-order valence-corrected chi connectivity index (χ1v) is 8.06. The topological polar surface area (TPSA) is 95.2 Å². The summed E-state index contributed by atoms with van der Waals surface area (Å²) < 4.78 is 57.1. The molecule has 0 spiro atoms. The van der Waals surface area contributed by atoms with Crippen LogP contribution in [0.3, 0.4) is 0 Å². The van der Waals surface area contributed by atoms with Crippen molar-refractivity contribution in [3.05, 3.63) is 58.9 Å². The maximum Gasteiger partial charge on any atom is 0.433 e. The minimum atomic E-state index is -4.58. The van der Waals surface area contributed by atoms with Crippen molar-refractivity contribution in [2.24, 2.45) is 5.73 Å². The van der Waals surface area contributed by atoms with Gasteiger partial charge in [-0.25, -0.2) is 9.78 Å². The number of primary amides is 1. The molecule has 2 aromatic heterocycles. The van der Waals surface area contributed by atoms with Crippen LogP contribution in [0.1, 0.15) is 47.1 Å². The number of halogens is 4. The number of nitrogens with two attached hydrogens (primary N) is 1. The first-order valence-electron chi connectivity index (χ1n) is 8.06. The van der Waals surface area contributed by atoms with Gasteiger partial charge in [0.25, 0.3) is 0 Å². The molecule has 0 fully saturated rings. The highest BCUT2D eigenvalue weighted by molar-refractivity contribution is 5.74. The number of alkyl halides is 3. The third kappa shape index (κ3) is 5.02. The third-order valence-corrected chi connectivity index (χ3v) is 4.14. The lowest BCUT2D eigenvalue weighted by molar-refractivity contribution is -0.141. The molecule has 28 heavy (non-hydrogen) atoms. The maximum atomic E-state index is 14.0. The van der Waals surface area contributed by atoms with E-state index in [0.717, 1.165) is 12.3 Å². The van der Waals surface area contributed by atoms with E-state index in [1.165, 1.54) is 32.0 Å². The zero-order valence-corrected chi connectivity index (χ0v) is 15.0. The van der Waals surface area contributed by atoms with Gasteiger partial charge in [-0.15, -0.1) is 0 Å². The van der Waals surface area contributed by atoms with Crippen molar-refractivity contribution in [1.82, 2.24) is 9.97 Å². The highest BCUT2D eigenvalue weighted by Gasteiger charge is 2.36. The van der Waals surface area contributed by atoms with Crippen molar-refractivity contribution < 1.29 is 31.9 Å². The fourth-order valence-corrected chi connectivity index (χ4v) is 2.73. The molecule has 1 atom stereocenters. The van der Waals surface area contributed by atoms with Gasteiger partial charge in [-0.1, -0.05) is 6.07 Å². The van der Waals surface area contributed by atoms with Crippen LogP contribution in [0.4, 0.5) is 22.4 Å². The summed E-state index contributed by atoms with van der Waals surface area (Å²) in [5.41, 5.74) is 3.01. The minimum absolute atomic E-state index is 0.0261. The van der Waals surface area contributed by atoms with E-state index in [2.05, 4.69) is 9.97 Å². The molecule has 1 amide bonds. The van der Waals surface area contributed by atoms with Crippen LogP contribution in [0.2, 0.25) is 0 Å². The standard InChI is InChI=1S/C18H17F4N3O3/c1-17(2,28-16(23)27)12(13-5-4-11(9-26)15(19)25-13)7-10-3-6-14(24-8-10)18(20,21)22/h3-6,8-9,12H,7H2,1-2H3,(H2,23,27). The Morgan fingerprint density at radius 1 is 1.25 bits per heavy atom. The number of ether oxygens (including phenoxy) is 1. The Balaban J connectivity index is 2.42. The maximum absolute atomic E-state index is 14.0. The summed E-state index contributed by atoms with van der Waals surface area (Å²) in [5, 5.41) is 0. The van der Waals surface area contributed by atoms with Gasteiger partial charge in [0, 0.05) is 12.1 Å². The first-order chi connectivity index (χ1) is 12.9. The van der Waals surface area contributed by atoms with Crippen LogP contribution in [0, 0.1) is 5.95 Å². The molecule has 10 heteroatoms. The molecule has 0 aliphatic carbocycles. The Kier molecular flexibility index (Phi) is 6.01. The Labute approximate surface area is 157 Å². The van der Waals surface area contributed by atoms with E-state index in [9.17, 15) is 27.2 Å². The molecule has 2 heterocycles. The number of aromatic nitrogens is 2. The van der Waals surface area contributed by atoms with Crippen molar-refractivity contribution >= 4 is 12.4 Å². The van der Waals surface area contributed by atoms with Crippen molar-refractivity contribution in [1.29, 1.82) is 0 Å². The monoisotopic (exact) mass is 399 g/mol. The molecular formula is C18H17F4N3O3. The smallest absolute Gasteiger partial charge is 0.433 e. The van der Waals surface area contributed by atoms with Gasteiger partial charge in [0.15, 0.2) is 6.29 Å². The number of hydrogen-bond acceptors (Lipinski definition) is 5. The van der Waals surface area contributed by atoms with Crippen LogP contribution in [0.25, 0.3) is 0 Å². The number of aldehydes is 1. The number of amides is 1. The van der Waals surface area contributed by atoms with Crippen molar-refractivity contribution in [3.63, 3.8) is 0 Å². The second-order valence-electron chi connectivity index (χ2n) is 6.56. The van der Waals surface area contributed by atoms with Crippen LogP contribution in [-0.4, -0.2) is 27.9 Å². The van der Waals surface area contributed by atoms with Gasteiger partial charge in [-0.05, 0) is 44.0 Å². The van der Waals surface area contributed by atoms with E-state index < -0.39 is 35.4 Å². The predicted octanol–water partition coefficient (Wildman–Crippen LogP) is 3.65. The fourth-order valence-electron chi connectivity index (χ4n) is 2.73. The largest absolute Gasteiger partial charge is 0.443 e. The normalized spacial score (nSPS) is 13.1. The molecule has 2 rings (SSSR count). The number of nitrogens with zero attached hydrogens (tertiary/aromatic N) is 2. The molecule has 0 saturated carbocycles. The number of carbonyl (C=O) groups excluding carboxylic acids is 2. The Hall–Kier alpha value is -3.04. The van der Waals surface area contributed by atoms with Gasteiger partial charge >= 0.3 is 12.3 Å². The molecule has 2 aromatic rings. The minimum Gasteiger partial charge on any atom is -0.443 e. The van der Waals surface area contributed by atoms with Crippen LogP contribution in [0.15, 0.2) is 30.5 Å². The average Bonchev–Trinajstić information content (AvgIpc) is 2.58. The van der Waals surface area contributed by atoms with Gasteiger partial charge in [0.05, 0.1) is 11.3 Å². The molecule has 0 aliphatic rings. The summed E-state index contributed by atoms with van der Waals surface area (Å²) >= 11 is 0. The molecule has 0 radical (unpaired) electrons. The molecule has 0 aromatic carbocycles. The van der Waals surface area contributed by atoms with E-state index in [1.54, 1.807) is 0 Å². The van der Waals surface area contributed by atoms with E-state index in [1.807, 2.05) is 0 Å². The second kappa shape index (κ2) is 7.91. The van der Waals surface area contributed by atoms with Gasteiger partial charge in [0.2, 0.25) is 5.95 Å². The van der Waals surface area contributed by atoms with Crippen LogP contribution in [0.5, 0.6) is 0 Å². The number of carbonyl (C=O) groups is 2. The predicted molar refractivity (Wildman–Crippen MR) is 90.0 cm³/mol. The summed E-state index contributed by atoms with van der Waals surface area (Å²) in [4.78, 5) is 29.2. The van der Waals surface area contributed by atoms with Crippen LogP contribution < -0.4 is 5.73 Å². The quantitative estimate of drug-likeness (QED) is 0.455. The average molecular weight is 399 g/mol. The lowest BCUT2D eigenvalue weighted by Gasteiger charge is -2.33. The molecule has 0 aliphatic heterocycles. The molecule has 1 unspecified atom stereocenters. The van der Waals surface area contributed by atoms with Crippen LogP contribution in [-0.2, 0) is 17.3 Å². The highest BCUT2D eigenvalue weighted by Crippen LogP contribution is 2.34. The first kappa shape index (κ1) is 21.3. The summed E-state index contributed by atoms with van der Waals surface area (Å²) in [6, 6.07) is 4.63. The zero-order valence-electron chi connectivity index (χ0n) is 15.0. The van der Waals surface area contributed by atoms with E-state index >= 15 is 0 Å². The molecule has 0 saturated heterocycles. The SMILES string of the molecule is CC(C)(OC(N)=O)C(Cc1ccc(C(F)(F)F)nc1)c1ccc(C=O)c(F)n1. The molecular weight excluding hydrogens is 382 g/mol.